The molecule has 0 aliphatic heterocycles. The Kier molecular flexibility index (Phi) is 6.82. The smallest absolute Gasteiger partial charge is 0.247 e. The van der Waals surface area contributed by atoms with Gasteiger partial charge in [0.2, 0.25) is 5.91 Å². The van der Waals surface area contributed by atoms with E-state index in [1.807, 2.05) is 30.3 Å². The molecule has 3 aromatic carbocycles. The minimum Gasteiger partial charge on any atom is -0.493 e. The van der Waals surface area contributed by atoms with E-state index in [4.69, 9.17) is 27.9 Å². The Morgan fingerprint density at radius 3 is 2.73 bits per heavy atom. The highest BCUT2D eigenvalue weighted by Gasteiger charge is 2.13. The monoisotopic (exact) mass is 484 g/mol. The number of nitrogens with zero attached hydrogens (tertiary/aromatic N) is 1. The van der Waals surface area contributed by atoms with Crippen molar-refractivity contribution < 1.29 is 13.9 Å². The number of hydrogen-bond acceptors (Lipinski definition) is 4. The molecule has 0 bridgehead atoms. The summed E-state index contributed by atoms with van der Waals surface area (Å²) in [4.78, 5) is 11.7. The van der Waals surface area contributed by atoms with E-state index < -0.39 is 5.82 Å². The molecule has 0 spiro atoms. The molecule has 0 atom stereocenters. The summed E-state index contributed by atoms with van der Waals surface area (Å²) < 4.78 is 19.6. The maximum Gasteiger partial charge on any atom is 0.247 e. The summed E-state index contributed by atoms with van der Waals surface area (Å²) in [5, 5.41) is 14.5. The Labute approximate surface area is 199 Å². The van der Waals surface area contributed by atoms with Gasteiger partial charge >= 0.3 is 0 Å². The van der Waals surface area contributed by atoms with Crippen molar-refractivity contribution in [1.82, 2.24) is 10.2 Å². The summed E-state index contributed by atoms with van der Waals surface area (Å²) in [5.74, 6) is 0.331. The molecule has 1 amide bonds. The molecule has 3 N–H and O–H groups in total. The molecule has 0 fully saturated rings. The number of aromatic amines is 1. The first-order valence-corrected chi connectivity index (χ1v) is 10.7. The number of carbonyl (C=O) groups is 1. The van der Waals surface area contributed by atoms with E-state index >= 15 is 0 Å². The molecule has 1 heterocycles. The number of benzene rings is 3. The van der Waals surface area contributed by atoms with Gasteiger partial charge < -0.3 is 15.4 Å². The number of nitrogens with one attached hydrogen (secondary N) is 3. The van der Waals surface area contributed by atoms with Crippen LogP contribution in [0.1, 0.15) is 5.56 Å². The number of carbonyl (C=O) groups excluding carboxylic acids is 1. The number of aromatic nitrogens is 2. The van der Waals surface area contributed by atoms with Crippen molar-refractivity contribution in [2.75, 3.05) is 17.2 Å². The molecule has 4 aromatic rings. The second kappa shape index (κ2) is 9.94. The molecule has 168 valence electrons. The first-order chi connectivity index (χ1) is 16.0. The van der Waals surface area contributed by atoms with Crippen LogP contribution in [0.15, 0.2) is 67.3 Å². The molecule has 0 saturated heterocycles. The van der Waals surface area contributed by atoms with Gasteiger partial charge in [-0.25, -0.2) is 4.39 Å². The Morgan fingerprint density at radius 1 is 1.15 bits per heavy atom. The van der Waals surface area contributed by atoms with Crippen molar-refractivity contribution in [2.24, 2.45) is 0 Å². The highest BCUT2D eigenvalue weighted by atomic mass is 35.5. The van der Waals surface area contributed by atoms with Crippen LogP contribution in [0.25, 0.3) is 10.9 Å². The standard InChI is InChI=1S/C24H19Cl2FN4O2/c1-2-22(32)28-20-5-3-4-6-21(20)29-24-16-13-14(7-10-19(16)30-31-24)33-12-11-15-17(25)8-9-18(27)23(15)26/h2-10,13H,1,11-12H2,(H,28,32)(H2,29,30,31). The molecule has 4 rings (SSSR count). The van der Waals surface area contributed by atoms with Crippen LogP contribution >= 0.6 is 23.2 Å². The van der Waals surface area contributed by atoms with Crippen molar-refractivity contribution >= 4 is 57.2 Å². The topological polar surface area (TPSA) is 79.0 Å². The maximum atomic E-state index is 13.7. The molecule has 1 aromatic heterocycles. The van der Waals surface area contributed by atoms with E-state index in [9.17, 15) is 9.18 Å². The lowest BCUT2D eigenvalue weighted by Crippen LogP contribution is -2.09. The molecule has 33 heavy (non-hydrogen) atoms. The fourth-order valence-corrected chi connectivity index (χ4v) is 3.82. The summed E-state index contributed by atoms with van der Waals surface area (Å²) in [7, 11) is 0. The van der Waals surface area contributed by atoms with Gasteiger partial charge in [0.15, 0.2) is 5.82 Å². The third-order valence-corrected chi connectivity index (χ3v) is 5.68. The minimum atomic E-state index is -0.517. The second-order valence-electron chi connectivity index (χ2n) is 7.06. The Morgan fingerprint density at radius 2 is 1.94 bits per heavy atom. The molecular formula is C24H19Cl2FN4O2. The fourth-order valence-electron chi connectivity index (χ4n) is 3.26. The number of amides is 1. The summed E-state index contributed by atoms with van der Waals surface area (Å²) in [6, 6.07) is 15.4. The predicted octanol–water partition coefficient (Wildman–Crippen LogP) is 6.50. The number of halogens is 3. The Bertz CT molecular complexity index is 1340. The van der Waals surface area contributed by atoms with Crippen molar-refractivity contribution in [3.63, 3.8) is 0 Å². The van der Waals surface area contributed by atoms with Gasteiger partial charge in [-0.2, -0.15) is 5.10 Å². The third-order valence-electron chi connectivity index (χ3n) is 4.92. The van der Waals surface area contributed by atoms with E-state index in [2.05, 4.69) is 27.4 Å². The van der Waals surface area contributed by atoms with E-state index in [1.165, 1.54) is 18.2 Å². The van der Waals surface area contributed by atoms with Crippen LogP contribution in [0.5, 0.6) is 5.75 Å². The number of ether oxygens (including phenoxy) is 1. The van der Waals surface area contributed by atoms with Crippen molar-refractivity contribution in [1.29, 1.82) is 0 Å². The molecule has 6 nitrogen and oxygen atoms in total. The molecular weight excluding hydrogens is 466 g/mol. The van der Waals surface area contributed by atoms with Crippen molar-refractivity contribution in [2.45, 2.75) is 6.42 Å². The zero-order chi connectivity index (χ0) is 23.4. The van der Waals surface area contributed by atoms with Gasteiger partial charge in [0.25, 0.3) is 0 Å². The molecule has 9 heteroatoms. The van der Waals surface area contributed by atoms with Gasteiger partial charge in [0.1, 0.15) is 11.6 Å². The summed E-state index contributed by atoms with van der Waals surface area (Å²) in [6.07, 6.45) is 1.55. The zero-order valence-electron chi connectivity index (χ0n) is 17.3. The van der Waals surface area contributed by atoms with Gasteiger partial charge in [-0.1, -0.05) is 41.9 Å². The lowest BCUT2D eigenvalue weighted by Gasteiger charge is -2.11. The van der Waals surface area contributed by atoms with Gasteiger partial charge in [0.05, 0.1) is 28.5 Å². The Balaban J connectivity index is 1.51. The lowest BCUT2D eigenvalue weighted by atomic mass is 10.1. The molecule has 0 unspecified atom stereocenters. The van der Waals surface area contributed by atoms with Gasteiger partial charge in [-0.3, -0.25) is 9.89 Å². The van der Waals surface area contributed by atoms with Crippen LogP contribution in [-0.4, -0.2) is 22.7 Å². The summed E-state index contributed by atoms with van der Waals surface area (Å²) in [6.45, 7) is 3.73. The fraction of sp³-hybridized carbons (Fsp3) is 0.0833. The van der Waals surface area contributed by atoms with Gasteiger partial charge in [-0.05, 0) is 54.1 Å². The third kappa shape index (κ3) is 5.10. The van der Waals surface area contributed by atoms with Crippen LogP contribution in [0.2, 0.25) is 10.0 Å². The maximum absolute atomic E-state index is 13.7. The first kappa shape index (κ1) is 22.6. The van der Waals surface area contributed by atoms with Crippen LogP contribution in [0, 0.1) is 5.82 Å². The highest BCUT2D eigenvalue weighted by Crippen LogP contribution is 2.31. The summed E-state index contributed by atoms with van der Waals surface area (Å²) >= 11 is 12.2. The largest absolute Gasteiger partial charge is 0.493 e. The van der Waals surface area contributed by atoms with Crippen LogP contribution in [-0.2, 0) is 11.2 Å². The zero-order valence-corrected chi connectivity index (χ0v) is 18.8. The van der Waals surface area contributed by atoms with E-state index in [0.717, 1.165) is 10.9 Å². The molecule has 0 radical (unpaired) electrons. The minimum absolute atomic E-state index is 0.00471. The number of anilines is 3. The van der Waals surface area contributed by atoms with Gasteiger partial charge in [-0.15, -0.1) is 0 Å². The number of H-pyrrole nitrogens is 1. The van der Waals surface area contributed by atoms with Gasteiger partial charge in [0, 0.05) is 16.8 Å². The van der Waals surface area contributed by atoms with Crippen LogP contribution in [0.3, 0.4) is 0 Å². The number of fused-ring (bicyclic) bond motifs is 1. The summed E-state index contributed by atoms with van der Waals surface area (Å²) in [5.41, 5.74) is 2.56. The first-order valence-electron chi connectivity index (χ1n) is 9.99. The second-order valence-corrected chi connectivity index (χ2v) is 7.85. The van der Waals surface area contributed by atoms with Crippen LogP contribution in [0.4, 0.5) is 21.6 Å². The lowest BCUT2D eigenvalue weighted by molar-refractivity contribution is -0.111. The van der Waals surface area contributed by atoms with E-state index in [-0.39, 0.29) is 17.5 Å². The van der Waals surface area contributed by atoms with Crippen LogP contribution < -0.4 is 15.4 Å². The van der Waals surface area contributed by atoms with E-state index in [1.54, 1.807) is 12.1 Å². The number of rotatable bonds is 8. The highest BCUT2D eigenvalue weighted by molar-refractivity contribution is 6.36. The average Bonchev–Trinajstić information content (AvgIpc) is 3.22. The Hall–Kier alpha value is -3.55. The van der Waals surface area contributed by atoms with Crippen molar-refractivity contribution in [3.8, 4) is 5.75 Å². The van der Waals surface area contributed by atoms with Crippen molar-refractivity contribution in [3.05, 3.63) is 88.7 Å². The normalized spacial score (nSPS) is 10.8. The molecule has 0 aliphatic carbocycles. The quantitative estimate of drug-likeness (QED) is 0.197. The SMILES string of the molecule is C=CC(=O)Nc1ccccc1Nc1n[nH]c2ccc(OCCc3c(Cl)ccc(F)c3Cl)cc12. The average molecular weight is 485 g/mol. The molecule has 0 aliphatic rings. The number of hydrogen-bond donors (Lipinski definition) is 3. The van der Waals surface area contributed by atoms with E-state index in [0.29, 0.717) is 39.9 Å². The molecule has 0 saturated carbocycles. The number of para-hydroxylation sites is 2. The predicted molar refractivity (Wildman–Crippen MR) is 130 cm³/mol.